The van der Waals surface area contributed by atoms with Gasteiger partial charge in [0.2, 0.25) is 0 Å². The average molecular weight is 277 g/mol. The van der Waals surface area contributed by atoms with Crippen molar-refractivity contribution in [2.45, 2.75) is 32.7 Å². The van der Waals surface area contributed by atoms with Crippen molar-refractivity contribution in [1.82, 2.24) is 4.90 Å². The van der Waals surface area contributed by atoms with Crippen LogP contribution in [0.3, 0.4) is 0 Å². The molecule has 1 aliphatic heterocycles. The number of anilines is 1. The molecule has 1 N–H and O–H groups in total. The predicted molar refractivity (Wildman–Crippen MR) is 81.0 cm³/mol. The summed E-state index contributed by atoms with van der Waals surface area (Å²) in [4.78, 5) is 12.7. The first kappa shape index (κ1) is 14.8. The molecule has 110 valence electrons. The molecule has 20 heavy (non-hydrogen) atoms. The maximum absolute atomic E-state index is 10.6. The fourth-order valence-corrected chi connectivity index (χ4v) is 2.83. The van der Waals surface area contributed by atoms with E-state index in [0.717, 1.165) is 12.2 Å². The van der Waals surface area contributed by atoms with Crippen LogP contribution in [0, 0.1) is 16.0 Å². The molecule has 0 bridgehead atoms. The van der Waals surface area contributed by atoms with E-state index < -0.39 is 0 Å². The van der Waals surface area contributed by atoms with Gasteiger partial charge in [-0.2, -0.15) is 0 Å². The van der Waals surface area contributed by atoms with E-state index in [1.165, 1.54) is 25.9 Å². The zero-order valence-corrected chi connectivity index (χ0v) is 12.2. The van der Waals surface area contributed by atoms with Crippen molar-refractivity contribution in [3.8, 4) is 0 Å². The lowest BCUT2D eigenvalue weighted by Gasteiger charge is -2.34. The Morgan fingerprint density at radius 3 is 2.45 bits per heavy atom. The van der Waals surface area contributed by atoms with Crippen molar-refractivity contribution in [2.24, 2.45) is 5.92 Å². The maximum Gasteiger partial charge on any atom is 0.269 e. The van der Waals surface area contributed by atoms with E-state index in [4.69, 9.17) is 0 Å². The van der Waals surface area contributed by atoms with Crippen molar-refractivity contribution in [1.29, 1.82) is 0 Å². The van der Waals surface area contributed by atoms with Gasteiger partial charge in [-0.15, -0.1) is 0 Å². The summed E-state index contributed by atoms with van der Waals surface area (Å²) in [7, 11) is 0. The van der Waals surface area contributed by atoms with Crippen LogP contribution in [-0.4, -0.2) is 35.5 Å². The van der Waals surface area contributed by atoms with Gasteiger partial charge in [0.1, 0.15) is 0 Å². The summed E-state index contributed by atoms with van der Waals surface area (Å²) in [5.41, 5.74) is 1.10. The van der Waals surface area contributed by atoms with E-state index in [2.05, 4.69) is 24.1 Å². The van der Waals surface area contributed by atoms with Gasteiger partial charge in [-0.05, 0) is 57.5 Å². The van der Waals surface area contributed by atoms with Crippen molar-refractivity contribution >= 4 is 11.4 Å². The molecule has 1 heterocycles. The number of nitro groups is 1. The van der Waals surface area contributed by atoms with Crippen molar-refractivity contribution in [3.05, 3.63) is 34.4 Å². The summed E-state index contributed by atoms with van der Waals surface area (Å²) >= 11 is 0. The molecule has 0 spiro atoms. The highest BCUT2D eigenvalue weighted by Gasteiger charge is 2.23. The van der Waals surface area contributed by atoms with Crippen LogP contribution in [0.25, 0.3) is 0 Å². The standard InChI is InChI=1S/C15H23N3O2/c1-3-17-10-8-13(9-11-17)12(2)16-14-4-6-15(7-5-14)18(19)20/h4-7,12-13,16H,3,8-11H2,1-2H3. The number of hydrogen-bond acceptors (Lipinski definition) is 4. The van der Waals surface area contributed by atoms with Crippen LogP contribution in [0.2, 0.25) is 0 Å². The van der Waals surface area contributed by atoms with Crippen LogP contribution >= 0.6 is 0 Å². The van der Waals surface area contributed by atoms with Crippen molar-refractivity contribution in [3.63, 3.8) is 0 Å². The van der Waals surface area contributed by atoms with Crippen molar-refractivity contribution < 1.29 is 4.92 Å². The van der Waals surface area contributed by atoms with Crippen LogP contribution < -0.4 is 5.32 Å². The molecular weight excluding hydrogens is 254 g/mol. The van der Waals surface area contributed by atoms with Gasteiger partial charge >= 0.3 is 0 Å². The molecule has 0 aromatic heterocycles. The molecule has 2 rings (SSSR count). The molecule has 0 amide bonds. The number of rotatable bonds is 5. The van der Waals surface area contributed by atoms with Gasteiger partial charge in [-0.25, -0.2) is 0 Å². The fourth-order valence-electron chi connectivity index (χ4n) is 2.83. The molecule has 1 fully saturated rings. The molecule has 1 unspecified atom stereocenters. The fraction of sp³-hybridized carbons (Fsp3) is 0.600. The summed E-state index contributed by atoms with van der Waals surface area (Å²) in [6.45, 7) is 7.89. The van der Waals surface area contributed by atoms with Crippen molar-refractivity contribution in [2.75, 3.05) is 25.0 Å². The molecule has 0 aliphatic carbocycles. The van der Waals surface area contributed by atoms with Crippen LogP contribution in [-0.2, 0) is 0 Å². The Kier molecular flexibility index (Phi) is 4.95. The first-order valence-electron chi connectivity index (χ1n) is 7.33. The Bertz CT molecular complexity index is 439. The molecule has 1 aromatic carbocycles. The highest BCUT2D eigenvalue weighted by Crippen LogP contribution is 2.24. The van der Waals surface area contributed by atoms with Crippen LogP contribution in [0.5, 0.6) is 0 Å². The molecule has 5 heteroatoms. The average Bonchev–Trinajstić information content (AvgIpc) is 2.48. The number of nitrogens with zero attached hydrogens (tertiary/aromatic N) is 2. The number of hydrogen-bond donors (Lipinski definition) is 1. The van der Waals surface area contributed by atoms with Crippen LogP contribution in [0.1, 0.15) is 26.7 Å². The molecule has 0 saturated carbocycles. The third-order valence-electron chi connectivity index (χ3n) is 4.26. The lowest BCUT2D eigenvalue weighted by Crippen LogP contribution is -2.39. The first-order chi connectivity index (χ1) is 9.60. The van der Waals surface area contributed by atoms with Gasteiger partial charge in [0, 0.05) is 23.9 Å². The summed E-state index contributed by atoms with van der Waals surface area (Å²) in [5.74, 6) is 0.674. The Labute approximate surface area is 120 Å². The molecule has 1 saturated heterocycles. The summed E-state index contributed by atoms with van der Waals surface area (Å²) in [6, 6.07) is 7.07. The smallest absolute Gasteiger partial charge is 0.269 e. The first-order valence-corrected chi connectivity index (χ1v) is 7.33. The summed E-state index contributed by atoms with van der Waals surface area (Å²) in [5, 5.41) is 14.1. The van der Waals surface area contributed by atoms with E-state index >= 15 is 0 Å². The lowest BCUT2D eigenvalue weighted by molar-refractivity contribution is -0.384. The second kappa shape index (κ2) is 6.70. The van der Waals surface area contributed by atoms with Crippen LogP contribution in [0.15, 0.2) is 24.3 Å². The van der Waals surface area contributed by atoms with E-state index in [0.29, 0.717) is 12.0 Å². The van der Waals surface area contributed by atoms with Gasteiger partial charge in [0.05, 0.1) is 4.92 Å². The normalized spacial score (nSPS) is 18.7. The SMILES string of the molecule is CCN1CCC(C(C)Nc2ccc([N+](=O)[O-])cc2)CC1. The Balaban J connectivity index is 1.88. The van der Waals surface area contributed by atoms with Gasteiger partial charge in [-0.1, -0.05) is 6.92 Å². The number of benzene rings is 1. The van der Waals surface area contributed by atoms with Gasteiger partial charge in [0.25, 0.3) is 5.69 Å². The maximum atomic E-state index is 10.6. The topological polar surface area (TPSA) is 58.4 Å². The molecule has 1 aromatic rings. The number of likely N-dealkylation sites (tertiary alicyclic amines) is 1. The zero-order chi connectivity index (χ0) is 14.5. The third-order valence-corrected chi connectivity index (χ3v) is 4.26. The van der Waals surface area contributed by atoms with E-state index in [1.54, 1.807) is 24.3 Å². The van der Waals surface area contributed by atoms with E-state index in [9.17, 15) is 10.1 Å². The minimum atomic E-state index is -0.367. The quantitative estimate of drug-likeness (QED) is 0.663. The molecular formula is C15H23N3O2. The minimum Gasteiger partial charge on any atom is -0.382 e. The number of nitro benzene ring substituents is 1. The number of nitrogens with one attached hydrogen (secondary N) is 1. The molecule has 1 aliphatic rings. The summed E-state index contributed by atoms with van der Waals surface area (Å²) < 4.78 is 0. The van der Waals surface area contributed by atoms with Gasteiger partial charge in [-0.3, -0.25) is 10.1 Å². The van der Waals surface area contributed by atoms with Gasteiger partial charge in [0.15, 0.2) is 0 Å². The second-order valence-corrected chi connectivity index (χ2v) is 5.51. The largest absolute Gasteiger partial charge is 0.382 e. The van der Waals surface area contributed by atoms with E-state index in [1.807, 2.05) is 0 Å². The Morgan fingerprint density at radius 1 is 1.35 bits per heavy atom. The molecule has 1 atom stereocenters. The predicted octanol–water partition coefficient (Wildman–Crippen LogP) is 3.13. The third kappa shape index (κ3) is 3.70. The molecule has 0 radical (unpaired) electrons. The monoisotopic (exact) mass is 277 g/mol. The highest BCUT2D eigenvalue weighted by molar-refractivity contribution is 5.49. The van der Waals surface area contributed by atoms with Crippen LogP contribution in [0.4, 0.5) is 11.4 Å². The summed E-state index contributed by atoms with van der Waals surface area (Å²) in [6.07, 6.45) is 2.43. The highest BCUT2D eigenvalue weighted by atomic mass is 16.6. The Morgan fingerprint density at radius 2 is 1.95 bits per heavy atom. The second-order valence-electron chi connectivity index (χ2n) is 5.51. The lowest BCUT2D eigenvalue weighted by atomic mass is 9.90. The van der Waals surface area contributed by atoms with E-state index in [-0.39, 0.29) is 10.6 Å². The minimum absolute atomic E-state index is 0.138. The van der Waals surface area contributed by atoms with Gasteiger partial charge < -0.3 is 10.2 Å². The number of piperidine rings is 1. The molecule has 5 nitrogen and oxygen atoms in total. The Hall–Kier alpha value is -1.62. The number of non-ortho nitro benzene ring substituents is 1. The zero-order valence-electron chi connectivity index (χ0n) is 12.2.